The van der Waals surface area contributed by atoms with Crippen LogP contribution in [0.25, 0.3) is 0 Å². The molecule has 0 amide bonds. The molecule has 0 bridgehead atoms. The molecule has 0 saturated heterocycles. The summed E-state index contributed by atoms with van der Waals surface area (Å²) in [6.07, 6.45) is 0. The van der Waals surface area contributed by atoms with E-state index in [9.17, 15) is 20.2 Å². The van der Waals surface area contributed by atoms with Gasteiger partial charge in [0.1, 0.15) is 5.69 Å². The van der Waals surface area contributed by atoms with Gasteiger partial charge in [0.05, 0.1) is 21.6 Å². The Morgan fingerprint density at radius 2 is 1.65 bits per heavy atom. The van der Waals surface area contributed by atoms with Gasteiger partial charge >= 0.3 is 0 Å². The fourth-order valence-electron chi connectivity index (χ4n) is 1.61. The van der Waals surface area contributed by atoms with E-state index in [0.29, 0.717) is 10.6 Å². The lowest BCUT2D eigenvalue weighted by molar-refractivity contribution is -0.393. The fourth-order valence-corrected chi connectivity index (χ4v) is 1.83. The van der Waals surface area contributed by atoms with Gasteiger partial charge in [-0.25, -0.2) is 0 Å². The average molecular weight is 291 g/mol. The van der Waals surface area contributed by atoms with Gasteiger partial charge in [0.2, 0.25) is 0 Å². The molecule has 0 heterocycles. The first kappa shape index (κ1) is 13.8. The third kappa shape index (κ3) is 2.86. The monoisotopic (exact) mass is 291 g/mol. The number of para-hydroxylation sites is 1. The minimum Gasteiger partial charge on any atom is -0.349 e. The summed E-state index contributed by atoms with van der Waals surface area (Å²) in [5, 5.41) is 24.5. The molecule has 0 aromatic heterocycles. The maximum Gasteiger partial charge on any atom is 0.299 e. The van der Waals surface area contributed by atoms with E-state index in [0.717, 1.165) is 6.07 Å². The van der Waals surface area contributed by atoms with E-state index in [1.807, 2.05) is 0 Å². The van der Waals surface area contributed by atoms with Crippen LogP contribution in [0.5, 0.6) is 0 Å². The summed E-state index contributed by atoms with van der Waals surface area (Å²) < 4.78 is 0. The van der Waals surface area contributed by atoms with E-state index in [1.54, 1.807) is 24.3 Å². The molecule has 0 aliphatic heterocycles. The molecule has 0 atom stereocenters. The van der Waals surface area contributed by atoms with E-state index >= 15 is 0 Å². The van der Waals surface area contributed by atoms with Crippen LogP contribution in [0.4, 0.5) is 22.7 Å². The highest BCUT2D eigenvalue weighted by Gasteiger charge is 2.19. The highest BCUT2D eigenvalue weighted by molar-refractivity contribution is 7.80. The molecule has 20 heavy (non-hydrogen) atoms. The van der Waals surface area contributed by atoms with Crippen LogP contribution < -0.4 is 5.32 Å². The highest BCUT2D eigenvalue weighted by atomic mass is 32.1. The van der Waals surface area contributed by atoms with Gasteiger partial charge in [0.25, 0.3) is 11.4 Å². The van der Waals surface area contributed by atoms with Crippen LogP contribution in [0.15, 0.2) is 47.4 Å². The molecule has 8 heteroatoms. The molecule has 2 aromatic carbocycles. The van der Waals surface area contributed by atoms with Crippen LogP contribution in [0.3, 0.4) is 0 Å². The minimum absolute atomic E-state index is 0.169. The number of hydrogen-bond donors (Lipinski definition) is 2. The van der Waals surface area contributed by atoms with Gasteiger partial charge in [0, 0.05) is 11.0 Å². The summed E-state index contributed by atoms with van der Waals surface area (Å²) in [5.74, 6) is 0. The molecule has 0 spiro atoms. The molecular formula is C12H9N3O4S. The molecule has 2 rings (SSSR count). The zero-order valence-electron chi connectivity index (χ0n) is 10.0. The SMILES string of the molecule is O=[N+]([O-])c1ccc(Nc2ccccc2S)c([N+](=O)[O-])c1. The number of anilines is 2. The summed E-state index contributed by atoms with van der Waals surface area (Å²) in [6, 6.07) is 10.4. The molecule has 0 fully saturated rings. The number of nitro benzene ring substituents is 2. The van der Waals surface area contributed by atoms with E-state index in [2.05, 4.69) is 17.9 Å². The van der Waals surface area contributed by atoms with Gasteiger partial charge in [-0.15, -0.1) is 12.6 Å². The molecular weight excluding hydrogens is 282 g/mol. The lowest BCUT2D eigenvalue weighted by Crippen LogP contribution is -1.99. The minimum atomic E-state index is -0.677. The first-order valence-electron chi connectivity index (χ1n) is 5.47. The van der Waals surface area contributed by atoms with E-state index in [4.69, 9.17) is 0 Å². The fraction of sp³-hybridized carbons (Fsp3) is 0. The molecule has 0 saturated carbocycles. The zero-order valence-corrected chi connectivity index (χ0v) is 10.9. The third-order valence-corrected chi connectivity index (χ3v) is 2.95. The van der Waals surface area contributed by atoms with Gasteiger partial charge in [-0.2, -0.15) is 0 Å². The van der Waals surface area contributed by atoms with Crippen LogP contribution >= 0.6 is 12.6 Å². The number of nitrogens with one attached hydrogen (secondary N) is 1. The number of benzene rings is 2. The predicted octanol–water partition coefficient (Wildman–Crippen LogP) is 3.54. The van der Waals surface area contributed by atoms with Crippen molar-refractivity contribution in [3.05, 3.63) is 62.7 Å². The second-order valence-corrected chi connectivity index (χ2v) is 4.34. The van der Waals surface area contributed by atoms with Crippen LogP contribution in [0.1, 0.15) is 0 Å². The standard InChI is InChI=1S/C12H9N3O4S/c16-14(17)8-5-6-9(11(7-8)15(18)19)13-10-3-1-2-4-12(10)20/h1-7,13,20H. The van der Waals surface area contributed by atoms with Crippen molar-refractivity contribution in [2.24, 2.45) is 0 Å². The van der Waals surface area contributed by atoms with Crippen molar-refractivity contribution in [2.75, 3.05) is 5.32 Å². The van der Waals surface area contributed by atoms with Crippen LogP contribution in [0.2, 0.25) is 0 Å². The smallest absolute Gasteiger partial charge is 0.299 e. The van der Waals surface area contributed by atoms with E-state index in [1.165, 1.54) is 12.1 Å². The number of thiol groups is 1. The topological polar surface area (TPSA) is 98.3 Å². The number of nitro groups is 2. The molecule has 0 aliphatic rings. The number of hydrogen-bond acceptors (Lipinski definition) is 6. The highest BCUT2D eigenvalue weighted by Crippen LogP contribution is 2.32. The van der Waals surface area contributed by atoms with Crippen molar-refractivity contribution < 1.29 is 9.85 Å². The quantitative estimate of drug-likeness (QED) is 0.510. The average Bonchev–Trinajstić information content (AvgIpc) is 2.41. The van der Waals surface area contributed by atoms with Crippen molar-refractivity contribution >= 4 is 35.4 Å². The van der Waals surface area contributed by atoms with Gasteiger partial charge in [0.15, 0.2) is 0 Å². The van der Waals surface area contributed by atoms with Gasteiger partial charge in [-0.3, -0.25) is 20.2 Å². The Morgan fingerprint density at radius 3 is 2.25 bits per heavy atom. The van der Waals surface area contributed by atoms with Gasteiger partial charge in [-0.05, 0) is 18.2 Å². The second-order valence-electron chi connectivity index (χ2n) is 3.86. The summed E-state index contributed by atoms with van der Waals surface area (Å²) in [5.41, 5.74) is 0.0482. The largest absolute Gasteiger partial charge is 0.349 e. The third-order valence-electron chi connectivity index (χ3n) is 2.56. The first-order valence-corrected chi connectivity index (χ1v) is 5.91. The van der Waals surface area contributed by atoms with Crippen molar-refractivity contribution in [1.82, 2.24) is 0 Å². The van der Waals surface area contributed by atoms with Gasteiger partial charge in [-0.1, -0.05) is 12.1 Å². The van der Waals surface area contributed by atoms with E-state index in [-0.39, 0.29) is 17.1 Å². The van der Waals surface area contributed by atoms with Crippen LogP contribution in [-0.2, 0) is 0 Å². The number of nitrogens with zero attached hydrogens (tertiary/aromatic N) is 2. The first-order chi connectivity index (χ1) is 9.49. The Balaban J connectivity index is 2.44. The molecule has 0 aliphatic carbocycles. The lowest BCUT2D eigenvalue weighted by atomic mass is 10.2. The molecule has 0 radical (unpaired) electrons. The summed E-state index contributed by atoms with van der Waals surface area (Å²) >= 11 is 4.23. The van der Waals surface area contributed by atoms with Crippen molar-refractivity contribution in [2.45, 2.75) is 4.90 Å². The summed E-state index contributed by atoms with van der Waals surface area (Å²) in [4.78, 5) is 20.9. The zero-order chi connectivity index (χ0) is 14.7. The Hall–Kier alpha value is -2.61. The Kier molecular flexibility index (Phi) is 3.85. The van der Waals surface area contributed by atoms with E-state index < -0.39 is 9.85 Å². The Bertz CT molecular complexity index is 690. The molecule has 1 N–H and O–H groups in total. The van der Waals surface area contributed by atoms with Crippen molar-refractivity contribution in [3.63, 3.8) is 0 Å². The molecule has 7 nitrogen and oxygen atoms in total. The maximum atomic E-state index is 11.0. The molecule has 0 unspecified atom stereocenters. The Labute approximate surface area is 118 Å². The molecule has 2 aromatic rings. The summed E-state index contributed by atoms with van der Waals surface area (Å²) in [7, 11) is 0. The number of non-ortho nitro benzene ring substituents is 1. The van der Waals surface area contributed by atoms with Crippen LogP contribution in [-0.4, -0.2) is 9.85 Å². The predicted molar refractivity (Wildman–Crippen MR) is 76.7 cm³/mol. The Morgan fingerprint density at radius 1 is 0.950 bits per heavy atom. The summed E-state index contributed by atoms with van der Waals surface area (Å²) in [6.45, 7) is 0. The van der Waals surface area contributed by atoms with Crippen LogP contribution in [0, 0.1) is 20.2 Å². The van der Waals surface area contributed by atoms with Gasteiger partial charge < -0.3 is 5.32 Å². The van der Waals surface area contributed by atoms with Crippen molar-refractivity contribution in [3.8, 4) is 0 Å². The normalized spacial score (nSPS) is 10.1. The second kappa shape index (κ2) is 5.57. The molecule has 102 valence electrons. The maximum absolute atomic E-state index is 11.0. The lowest BCUT2D eigenvalue weighted by Gasteiger charge is -2.08. The van der Waals surface area contributed by atoms with Crippen molar-refractivity contribution in [1.29, 1.82) is 0 Å². The number of rotatable bonds is 4.